The predicted octanol–water partition coefficient (Wildman–Crippen LogP) is 3.84. The maximum atomic E-state index is 10.3. The molecule has 1 N–H and O–H groups in total. The lowest BCUT2D eigenvalue weighted by Crippen LogP contribution is -2.18. The van der Waals surface area contributed by atoms with Crippen LogP contribution in [0.1, 0.15) is 30.8 Å². The number of aliphatic hydroxyl groups excluding tert-OH is 1. The van der Waals surface area contributed by atoms with Gasteiger partial charge in [-0.05, 0) is 37.5 Å². The summed E-state index contributed by atoms with van der Waals surface area (Å²) in [6, 6.07) is 5.66. The van der Waals surface area contributed by atoms with Gasteiger partial charge < -0.3 is 23.9 Å². The average Bonchev–Trinajstić information content (AvgIpc) is 2.93. The van der Waals surface area contributed by atoms with E-state index in [2.05, 4.69) is 30.3 Å². The molecule has 0 saturated carbocycles. The molecular formula is C21H32N2O4S. The second kappa shape index (κ2) is 10.7. The van der Waals surface area contributed by atoms with Gasteiger partial charge in [-0.2, -0.15) is 0 Å². The highest BCUT2D eigenvalue weighted by Gasteiger charge is 2.15. The zero-order valence-corrected chi connectivity index (χ0v) is 18.5. The molecule has 1 aromatic carbocycles. The molecule has 0 saturated heterocycles. The fourth-order valence-electron chi connectivity index (χ4n) is 2.82. The van der Waals surface area contributed by atoms with E-state index in [0.29, 0.717) is 29.8 Å². The van der Waals surface area contributed by atoms with E-state index in [1.165, 1.54) is 5.69 Å². The second-order valence-electron chi connectivity index (χ2n) is 7.24. The minimum atomic E-state index is -0.560. The Balaban J connectivity index is 1.84. The van der Waals surface area contributed by atoms with E-state index in [4.69, 9.17) is 14.2 Å². The third-order valence-electron chi connectivity index (χ3n) is 4.40. The van der Waals surface area contributed by atoms with Crippen molar-refractivity contribution >= 4 is 11.8 Å². The van der Waals surface area contributed by atoms with Crippen LogP contribution < -0.4 is 9.47 Å². The van der Waals surface area contributed by atoms with Gasteiger partial charge >= 0.3 is 0 Å². The number of thioether (sulfide) groups is 1. The van der Waals surface area contributed by atoms with Gasteiger partial charge in [0, 0.05) is 18.0 Å². The van der Waals surface area contributed by atoms with Crippen LogP contribution in [-0.4, -0.2) is 47.3 Å². The summed E-state index contributed by atoms with van der Waals surface area (Å²) >= 11 is 1.57. The number of methoxy groups -OCH3 is 2. The number of imidazole rings is 1. The molecule has 7 heteroatoms. The zero-order chi connectivity index (χ0) is 20.7. The Bertz CT molecular complexity index is 761. The van der Waals surface area contributed by atoms with E-state index < -0.39 is 6.10 Å². The molecule has 6 nitrogen and oxygen atoms in total. The molecule has 0 unspecified atom stereocenters. The van der Waals surface area contributed by atoms with Gasteiger partial charge in [-0.3, -0.25) is 0 Å². The first-order chi connectivity index (χ1) is 13.3. The summed E-state index contributed by atoms with van der Waals surface area (Å²) in [7, 11) is 3.22. The lowest BCUT2D eigenvalue weighted by molar-refractivity contribution is 0.0397. The van der Waals surface area contributed by atoms with Crippen molar-refractivity contribution in [2.45, 2.75) is 52.1 Å². The highest BCUT2D eigenvalue weighted by atomic mass is 32.2. The summed E-state index contributed by atoms with van der Waals surface area (Å²) in [6.07, 6.45) is -0.560. The number of benzene rings is 1. The van der Waals surface area contributed by atoms with Crippen LogP contribution in [0.15, 0.2) is 23.4 Å². The minimum absolute atomic E-state index is 0.268. The first-order valence-electron chi connectivity index (χ1n) is 9.48. The van der Waals surface area contributed by atoms with Gasteiger partial charge in [0.25, 0.3) is 0 Å². The molecule has 1 aromatic heterocycles. The number of aryl methyl sites for hydroxylation is 1. The van der Waals surface area contributed by atoms with Crippen LogP contribution in [0.25, 0.3) is 0 Å². The van der Waals surface area contributed by atoms with Crippen molar-refractivity contribution in [1.29, 1.82) is 0 Å². The quantitative estimate of drug-likeness (QED) is 0.570. The van der Waals surface area contributed by atoms with Crippen LogP contribution in [0.4, 0.5) is 0 Å². The van der Waals surface area contributed by atoms with Crippen LogP contribution in [0, 0.1) is 19.8 Å². The summed E-state index contributed by atoms with van der Waals surface area (Å²) in [5.41, 5.74) is 3.20. The Morgan fingerprint density at radius 1 is 1.14 bits per heavy atom. The Morgan fingerprint density at radius 3 is 2.50 bits per heavy atom. The molecule has 0 aliphatic rings. The number of nitrogens with zero attached hydrogens (tertiary/aromatic N) is 2. The average molecular weight is 409 g/mol. The lowest BCUT2D eigenvalue weighted by atomic mass is 10.2. The van der Waals surface area contributed by atoms with Crippen molar-refractivity contribution in [2.75, 3.05) is 26.6 Å². The lowest BCUT2D eigenvalue weighted by Gasteiger charge is -2.14. The summed E-state index contributed by atoms with van der Waals surface area (Å²) in [5.74, 6) is 2.44. The van der Waals surface area contributed by atoms with E-state index in [-0.39, 0.29) is 6.61 Å². The van der Waals surface area contributed by atoms with Gasteiger partial charge in [0.05, 0.1) is 39.2 Å². The first kappa shape index (κ1) is 22.6. The monoisotopic (exact) mass is 408 g/mol. The Morgan fingerprint density at radius 2 is 1.86 bits per heavy atom. The fourth-order valence-corrected chi connectivity index (χ4v) is 3.82. The number of ether oxygens (including phenoxy) is 3. The predicted molar refractivity (Wildman–Crippen MR) is 112 cm³/mol. The van der Waals surface area contributed by atoms with Crippen molar-refractivity contribution in [1.82, 2.24) is 9.55 Å². The Kier molecular flexibility index (Phi) is 8.66. The van der Waals surface area contributed by atoms with Gasteiger partial charge in [0.2, 0.25) is 0 Å². The van der Waals surface area contributed by atoms with E-state index in [1.54, 1.807) is 26.0 Å². The SMILES string of the molecule is COc1ccc(COC[C@@H](O)CSc2nc(C)c(C)n2CC(C)C)cc1OC. The van der Waals surface area contributed by atoms with Gasteiger partial charge in [-0.1, -0.05) is 31.7 Å². The summed E-state index contributed by atoms with van der Waals surface area (Å²) in [5, 5.41) is 11.3. The molecule has 28 heavy (non-hydrogen) atoms. The van der Waals surface area contributed by atoms with Crippen molar-refractivity contribution in [3.8, 4) is 11.5 Å². The van der Waals surface area contributed by atoms with Crippen LogP contribution in [0.3, 0.4) is 0 Å². The largest absolute Gasteiger partial charge is 0.493 e. The molecule has 1 atom stereocenters. The molecule has 0 aliphatic heterocycles. The standard InChI is InChI=1S/C21H32N2O4S/c1-14(2)10-23-16(4)15(3)22-21(23)28-13-18(24)12-27-11-17-7-8-19(25-5)20(9-17)26-6/h7-9,14,18,24H,10-13H2,1-6H3/t18-/m1/s1. The van der Waals surface area contributed by atoms with Crippen molar-refractivity contribution in [2.24, 2.45) is 5.92 Å². The molecule has 0 radical (unpaired) electrons. The molecular weight excluding hydrogens is 376 g/mol. The number of rotatable bonds is 11. The van der Waals surface area contributed by atoms with Crippen LogP contribution in [0.5, 0.6) is 11.5 Å². The van der Waals surface area contributed by atoms with Gasteiger partial charge in [0.1, 0.15) is 0 Å². The molecule has 0 fully saturated rings. The van der Waals surface area contributed by atoms with Crippen LogP contribution in [-0.2, 0) is 17.9 Å². The highest BCUT2D eigenvalue weighted by molar-refractivity contribution is 7.99. The van der Waals surface area contributed by atoms with E-state index in [0.717, 1.165) is 23.0 Å². The third kappa shape index (κ3) is 6.15. The smallest absolute Gasteiger partial charge is 0.168 e. The van der Waals surface area contributed by atoms with Crippen molar-refractivity contribution < 1.29 is 19.3 Å². The molecule has 1 heterocycles. The van der Waals surface area contributed by atoms with Crippen molar-refractivity contribution in [3.05, 3.63) is 35.2 Å². The van der Waals surface area contributed by atoms with E-state index in [1.807, 2.05) is 25.1 Å². The van der Waals surface area contributed by atoms with Crippen LogP contribution >= 0.6 is 11.8 Å². The Hall–Kier alpha value is -1.70. The number of aliphatic hydroxyl groups is 1. The summed E-state index contributed by atoms with van der Waals surface area (Å²) < 4.78 is 18.5. The molecule has 2 aromatic rings. The summed E-state index contributed by atoms with van der Waals surface area (Å²) in [4.78, 5) is 4.65. The maximum Gasteiger partial charge on any atom is 0.168 e. The third-order valence-corrected chi connectivity index (χ3v) is 5.52. The zero-order valence-electron chi connectivity index (χ0n) is 17.7. The molecule has 156 valence electrons. The second-order valence-corrected chi connectivity index (χ2v) is 8.23. The first-order valence-corrected chi connectivity index (χ1v) is 10.5. The maximum absolute atomic E-state index is 10.3. The summed E-state index contributed by atoms with van der Waals surface area (Å²) in [6.45, 7) is 10.1. The fraction of sp³-hybridized carbons (Fsp3) is 0.571. The van der Waals surface area contributed by atoms with Gasteiger partial charge in [0.15, 0.2) is 16.7 Å². The molecule has 0 spiro atoms. The number of aromatic nitrogens is 2. The van der Waals surface area contributed by atoms with Crippen molar-refractivity contribution in [3.63, 3.8) is 0 Å². The topological polar surface area (TPSA) is 65.7 Å². The van der Waals surface area contributed by atoms with Gasteiger partial charge in [-0.15, -0.1) is 0 Å². The molecule has 0 aliphatic carbocycles. The molecule has 0 amide bonds. The number of hydrogen-bond acceptors (Lipinski definition) is 6. The normalized spacial score (nSPS) is 12.4. The van der Waals surface area contributed by atoms with Gasteiger partial charge in [-0.25, -0.2) is 4.98 Å². The molecule has 2 rings (SSSR count). The number of hydrogen-bond donors (Lipinski definition) is 1. The highest BCUT2D eigenvalue weighted by Crippen LogP contribution is 2.28. The van der Waals surface area contributed by atoms with Crippen LogP contribution in [0.2, 0.25) is 0 Å². The molecule has 0 bridgehead atoms. The van der Waals surface area contributed by atoms with E-state index >= 15 is 0 Å². The Labute approximate surface area is 172 Å². The minimum Gasteiger partial charge on any atom is -0.493 e. The van der Waals surface area contributed by atoms with E-state index in [9.17, 15) is 5.11 Å².